The van der Waals surface area contributed by atoms with Gasteiger partial charge in [0, 0.05) is 22.0 Å². The lowest BCUT2D eigenvalue weighted by molar-refractivity contribution is -0.136. The first-order chi connectivity index (χ1) is 13.1. The first kappa shape index (κ1) is 19.5. The van der Waals surface area contributed by atoms with Crippen LogP contribution in [0.25, 0.3) is 5.57 Å². The molecule has 3 rings (SSSR count). The van der Waals surface area contributed by atoms with Gasteiger partial charge in [-0.05, 0) is 36.8 Å². The largest absolute Gasteiger partial charge is 0.496 e. The zero-order chi connectivity index (χ0) is 19.4. The Morgan fingerprint density at radius 3 is 2.41 bits per heavy atom. The Kier molecular flexibility index (Phi) is 6.24. The number of amides is 2. The molecular formula is C21H20ClNO3S. The number of ether oxygens (including phenoxy) is 1. The van der Waals surface area contributed by atoms with Crippen LogP contribution in [0.2, 0.25) is 5.02 Å². The highest BCUT2D eigenvalue weighted by atomic mass is 35.5. The van der Waals surface area contributed by atoms with Crippen LogP contribution < -0.4 is 4.74 Å². The second kappa shape index (κ2) is 8.63. The average molecular weight is 402 g/mol. The van der Waals surface area contributed by atoms with Gasteiger partial charge in [-0.2, -0.15) is 0 Å². The first-order valence-electron chi connectivity index (χ1n) is 8.74. The van der Waals surface area contributed by atoms with E-state index in [1.54, 1.807) is 25.3 Å². The van der Waals surface area contributed by atoms with E-state index in [1.165, 1.54) is 16.7 Å². The highest BCUT2D eigenvalue weighted by Crippen LogP contribution is 2.42. The van der Waals surface area contributed by atoms with Crippen molar-refractivity contribution >= 4 is 40.8 Å². The lowest BCUT2D eigenvalue weighted by Crippen LogP contribution is -2.32. The van der Waals surface area contributed by atoms with E-state index in [4.69, 9.17) is 16.3 Å². The summed E-state index contributed by atoms with van der Waals surface area (Å²) in [4.78, 5) is 28.7. The molecule has 0 N–H and O–H groups in total. The maximum Gasteiger partial charge on any atom is 0.268 e. The smallest absolute Gasteiger partial charge is 0.268 e. The van der Waals surface area contributed by atoms with E-state index < -0.39 is 0 Å². The second-order valence-electron chi connectivity index (χ2n) is 6.08. The van der Waals surface area contributed by atoms with Crippen LogP contribution in [-0.4, -0.2) is 30.4 Å². The van der Waals surface area contributed by atoms with Crippen LogP contribution in [0.5, 0.6) is 5.75 Å². The fourth-order valence-electron chi connectivity index (χ4n) is 2.88. The summed E-state index contributed by atoms with van der Waals surface area (Å²) < 4.78 is 5.43. The summed E-state index contributed by atoms with van der Waals surface area (Å²) in [6.07, 6.45) is 1.68. The van der Waals surface area contributed by atoms with Crippen molar-refractivity contribution in [1.82, 2.24) is 4.90 Å². The number of carbonyl (C=O) groups excluding carboxylic acids is 2. The summed E-state index contributed by atoms with van der Waals surface area (Å²) in [5, 5.41) is 0.622. The van der Waals surface area contributed by atoms with Gasteiger partial charge in [0.1, 0.15) is 5.75 Å². The van der Waals surface area contributed by atoms with Gasteiger partial charge in [-0.25, -0.2) is 0 Å². The van der Waals surface area contributed by atoms with Crippen LogP contribution in [-0.2, 0) is 9.59 Å². The fourth-order valence-corrected chi connectivity index (χ4v) is 4.01. The Balaban J connectivity index is 2.07. The van der Waals surface area contributed by atoms with Crippen LogP contribution in [0.4, 0.5) is 0 Å². The van der Waals surface area contributed by atoms with E-state index >= 15 is 0 Å². The second-order valence-corrected chi connectivity index (χ2v) is 7.60. The zero-order valence-electron chi connectivity index (χ0n) is 15.2. The molecule has 0 unspecified atom stereocenters. The minimum absolute atomic E-state index is 0.255. The minimum Gasteiger partial charge on any atom is -0.496 e. The molecule has 1 heterocycles. The number of carbonyl (C=O) groups is 2. The van der Waals surface area contributed by atoms with Crippen molar-refractivity contribution < 1.29 is 14.3 Å². The number of nitrogens with zero attached hydrogens (tertiary/aromatic N) is 1. The van der Waals surface area contributed by atoms with Crippen LogP contribution in [0.15, 0.2) is 58.3 Å². The van der Waals surface area contributed by atoms with Gasteiger partial charge in [-0.1, -0.05) is 54.9 Å². The molecule has 0 aliphatic carbocycles. The number of methoxy groups -OCH3 is 1. The van der Waals surface area contributed by atoms with E-state index in [-0.39, 0.29) is 11.8 Å². The van der Waals surface area contributed by atoms with Crippen molar-refractivity contribution in [3.63, 3.8) is 0 Å². The van der Waals surface area contributed by atoms with Crippen molar-refractivity contribution in [2.24, 2.45) is 0 Å². The zero-order valence-corrected chi connectivity index (χ0v) is 16.8. The van der Waals surface area contributed by atoms with Gasteiger partial charge in [0.05, 0.1) is 17.6 Å². The molecule has 0 saturated carbocycles. The van der Waals surface area contributed by atoms with E-state index in [2.05, 4.69) is 0 Å². The highest BCUT2D eigenvalue weighted by Gasteiger charge is 2.40. The molecule has 0 aromatic heterocycles. The number of rotatable bonds is 7. The molecule has 0 atom stereocenters. The number of hydrogen-bond donors (Lipinski definition) is 0. The fraction of sp³-hybridized carbons (Fsp3) is 0.238. The minimum atomic E-state index is -0.269. The summed E-state index contributed by atoms with van der Waals surface area (Å²) >= 11 is 7.24. The monoisotopic (exact) mass is 401 g/mol. The molecule has 0 bridgehead atoms. The number of hydrogen-bond acceptors (Lipinski definition) is 4. The van der Waals surface area contributed by atoms with Crippen molar-refractivity contribution in [3.05, 3.63) is 64.0 Å². The molecule has 0 saturated heterocycles. The SMILES string of the molecule is CCCCN1C(=O)C(Sc2ccc(Cl)cc2)=C(c2ccccc2OC)C1=O. The molecule has 4 nitrogen and oxygen atoms in total. The average Bonchev–Trinajstić information content (AvgIpc) is 2.91. The van der Waals surface area contributed by atoms with Crippen molar-refractivity contribution in [2.45, 2.75) is 24.7 Å². The molecule has 2 aromatic carbocycles. The van der Waals surface area contributed by atoms with E-state index in [0.717, 1.165) is 17.7 Å². The Hall–Kier alpha value is -2.24. The molecule has 1 aliphatic heterocycles. The summed E-state index contributed by atoms with van der Waals surface area (Å²) in [5.74, 6) is 0.0453. The third kappa shape index (κ3) is 4.04. The molecule has 0 radical (unpaired) electrons. The van der Waals surface area contributed by atoms with E-state index in [0.29, 0.717) is 33.4 Å². The Bertz CT molecular complexity index is 893. The molecule has 27 heavy (non-hydrogen) atoms. The third-order valence-corrected chi connectivity index (χ3v) is 5.61. The molecule has 2 aromatic rings. The van der Waals surface area contributed by atoms with Gasteiger partial charge in [-0.3, -0.25) is 14.5 Å². The van der Waals surface area contributed by atoms with Gasteiger partial charge < -0.3 is 4.74 Å². The quantitative estimate of drug-likeness (QED) is 0.611. The number of para-hydroxylation sites is 1. The lowest BCUT2D eigenvalue weighted by Gasteiger charge is -2.14. The predicted octanol–water partition coefficient (Wildman–Crippen LogP) is 5.02. The maximum absolute atomic E-state index is 13.1. The molecule has 0 fully saturated rings. The van der Waals surface area contributed by atoms with Crippen molar-refractivity contribution in [1.29, 1.82) is 0 Å². The van der Waals surface area contributed by atoms with E-state index in [9.17, 15) is 9.59 Å². The Morgan fingerprint density at radius 2 is 1.74 bits per heavy atom. The number of halogens is 1. The summed E-state index contributed by atoms with van der Waals surface area (Å²) in [6.45, 7) is 2.44. The normalized spacial score (nSPS) is 14.3. The number of benzene rings is 2. The molecule has 140 valence electrons. The lowest BCUT2D eigenvalue weighted by atomic mass is 10.1. The topological polar surface area (TPSA) is 46.6 Å². The predicted molar refractivity (Wildman–Crippen MR) is 109 cm³/mol. The highest BCUT2D eigenvalue weighted by molar-refractivity contribution is 8.04. The van der Waals surface area contributed by atoms with Crippen LogP contribution in [0.3, 0.4) is 0 Å². The third-order valence-electron chi connectivity index (χ3n) is 4.27. The van der Waals surface area contributed by atoms with Gasteiger partial charge in [0.15, 0.2) is 0 Å². The maximum atomic E-state index is 13.1. The van der Waals surface area contributed by atoms with Gasteiger partial charge >= 0.3 is 0 Å². The van der Waals surface area contributed by atoms with Gasteiger partial charge in [-0.15, -0.1) is 0 Å². The van der Waals surface area contributed by atoms with Gasteiger partial charge in [0.2, 0.25) is 0 Å². The van der Waals surface area contributed by atoms with E-state index in [1.807, 2.05) is 37.3 Å². The van der Waals surface area contributed by atoms with Crippen molar-refractivity contribution in [2.75, 3.05) is 13.7 Å². The van der Waals surface area contributed by atoms with Crippen LogP contribution in [0, 0.1) is 0 Å². The molecule has 2 amide bonds. The molecular weight excluding hydrogens is 382 g/mol. The van der Waals surface area contributed by atoms with Crippen LogP contribution >= 0.6 is 23.4 Å². The number of thioether (sulfide) groups is 1. The van der Waals surface area contributed by atoms with Gasteiger partial charge in [0.25, 0.3) is 11.8 Å². The summed E-state index contributed by atoms with van der Waals surface area (Å²) in [7, 11) is 1.56. The molecule has 6 heteroatoms. The van der Waals surface area contributed by atoms with Crippen molar-refractivity contribution in [3.8, 4) is 5.75 Å². The Morgan fingerprint density at radius 1 is 1.04 bits per heavy atom. The first-order valence-corrected chi connectivity index (χ1v) is 9.93. The van der Waals surface area contributed by atoms with Crippen LogP contribution in [0.1, 0.15) is 25.3 Å². The number of imide groups is 1. The Labute approximate surface area is 168 Å². The number of unbranched alkanes of at least 4 members (excludes halogenated alkanes) is 1. The standard InChI is InChI=1S/C21H20ClNO3S/c1-3-4-13-23-20(24)18(16-7-5-6-8-17(16)26-2)19(21(23)25)27-15-11-9-14(22)10-12-15/h5-12H,3-4,13H2,1-2H3. The molecule has 1 aliphatic rings. The summed E-state index contributed by atoms with van der Waals surface area (Å²) in [5.41, 5.74) is 1.03. The summed E-state index contributed by atoms with van der Waals surface area (Å²) in [6, 6.07) is 14.5. The molecule has 0 spiro atoms.